The Balaban J connectivity index is 2.32. The topological polar surface area (TPSA) is 76.3 Å². The van der Waals surface area contributed by atoms with Crippen molar-refractivity contribution >= 4 is 10.0 Å². The number of nitrogens with zero attached hydrogens (tertiary/aromatic N) is 2. The Kier molecular flexibility index (Phi) is 3.65. The Morgan fingerprint density at radius 2 is 2.28 bits per heavy atom. The zero-order valence-corrected chi connectivity index (χ0v) is 10.9. The van der Waals surface area contributed by atoms with Gasteiger partial charge >= 0.3 is 0 Å². The van der Waals surface area contributed by atoms with Crippen LogP contribution in [0.2, 0.25) is 0 Å². The number of hydrogen-bond donors (Lipinski definition) is 1. The Bertz CT molecular complexity index is 535. The molecule has 2 unspecified atom stereocenters. The molecule has 7 heteroatoms. The number of halogens is 1. The SMILES string of the molecule is CC1CC(CN)CN1S(=O)(=O)c1cncc(F)c1. The van der Waals surface area contributed by atoms with Crippen LogP contribution in [-0.4, -0.2) is 36.8 Å². The van der Waals surface area contributed by atoms with Gasteiger partial charge in [0, 0.05) is 18.8 Å². The van der Waals surface area contributed by atoms with Crippen molar-refractivity contribution in [2.24, 2.45) is 11.7 Å². The molecule has 5 nitrogen and oxygen atoms in total. The molecule has 2 heterocycles. The molecule has 0 spiro atoms. The van der Waals surface area contributed by atoms with E-state index in [0.29, 0.717) is 13.1 Å². The van der Waals surface area contributed by atoms with Crippen LogP contribution in [0.3, 0.4) is 0 Å². The average Bonchev–Trinajstić information content (AvgIpc) is 2.71. The minimum absolute atomic E-state index is 0.105. The summed E-state index contributed by atoms with van der Waals surface area (Å²) in [5.41, 5.74) is 5.57. The maximum Gasteiger partial charge on any atom is 0.244 e. The van der Waals surface area contributed by atoms with Crippen LogP contribution in [0, 0.1) is 11.7 Å². The third-order valence-electron chi connectivity index (χ3n) is 3.22. The summed E-state index contributed by atoms with van der Waals surface area (Å²) in [5, 5.41) is 0. The smallest absolute Gasteiger partial charge is 0.244 e. The van der Waals surface area contributed by atoms with Crippen molar-refractivity contribution in [3.05, 3.63) is 24.3 Å². The lowest BCUT2D eigenvalue weighted by Crippen LogP contribution is -2.34. The largest absolute Gasteiger partial charge is 0.330 e. The molecule has 0 aliphatic carbocycles. The second kappa shape index (κ2) is 4.91. The molecule has 1 aromatic heterocycles. The second-order valence-corrected chi connectivity index (χ2v) is 6.49. The molecule has 0 radical (unpaired) electrons. The van der Waals surface area contributed by atoms with Crippen LogP contribution in [0.5, 0.6) is 0 Å². The molecule has 18 heavy (non-hydrogen) atoms. The lowest BCUT2D eigenvalue weighted by atomic mass is 10.1. The van der Waals surface area contributed by atoms with Crippen molar-refractivity contribution in [3.8, 4) is 0 Å². The highest BCUT2D eigenvalue weighted by Crippen LogP contribution is 2.28. The van der Waals surface area contributed by atoms with E-state index in [-0.39, 0.29) is 16.9 Å². The molecule has 0 amide bonds. The van der Waals surface area contributed by atoms with Crippen molar-refractivity contribution in [1.29, 1.82) is 0 Å². The second-order valence-electron chi connectivity index (χ2n) is 4.60. The van der Waals surface area contributed by atoms with E-state index in [2.05, 4.69) is 4.98 Å². The minimum Gasteiger partial charge on any atom is -0.330 e. The van der Waals surface area contributed by atoms with E-state index in [1.165, 1.54) is 10.5 Å². The Hall–Kier alpha value is -1.05. The summed E-state index contributed by atoms with van der Waals surface area (Å²) in [6, 6.07) is 0.872. The maximum absolute atomic E-state index is 13.1. The van der Waals surface area contributed by atoms with Crippen LogP contribution < -0.4 is 5.73 Å². The van der Waals surface area contributed by atoms with Gasteiger partial charge in [-0.1, -0.05) is 0 Å². The summed E-state index contributed by atoms with van der Waals surface area (Å²) in [4.78, 5) is 3.48. The molecule has 1 aliphatic rings. The number of hydrogen-bond acceptors (Lipinski definition) is 4. The highest BCUT2D eigenvalue weighted by Gasteiger charge is 2.37. The van der Waals surface area contributed by atoms with Gasteiger partial charge in [0.15, 0.2) is 0 Å². The predicted molar refractivity (Wildman–Crippen MR) is 64.7 cm³/mol. The zero-order chi connectivity index (χ0) is 13.3. The van der Waals surface area contributed by atoms with Gasteiger partial charge in [-0.05, 0) is 31.9 Å². The number of nitrogens with two attached hydrogens (primary N) is 1. The Labute approximate surface area is 106 Å². The van der Waals surface area contributed by atoms with Crippen LogP contribution >= 0.6 is 0 Å². The van der Waals surface area contributed by atoms with Gasteiger partial charge in [0.1, 0.15) is 10.7 Å². The fourth-order valence-electron chi connectivity index (χ4n) is 2.28. The number of rotatable bonds is 3. The Morgan fingerprint density at radius 1 is 1.56 bits per heavy atom. The van der Waals surface area contributed by atoms with Crippen LogP contribution in [0.15, 0.2) is 23.4 Å². The zero-order valence-electron chi connectivity index (χ0n) is 10.1. The highest BCUT2D eigenvalue weighted by atomic mass is 32.2. The van der Waals surface area contributed by atoms with Crippen molar-refractivity contribution in [1.82, 2.24) is 9.29 Å². The van der Waals surface area contributed by atoms with E-state index in [1.54, 1.807) is 0 Å². The van der Waals surface area contributed by atoms with E-state index in [4.69, 9.17) is 5.73 Å². The lowest BCUT2D eigenvalue weighted by molar-refractivity contribution is 0.404. The van der Waals surface area contributed by atoms with Gasteiger partial charge in [-0.2, -0.15) is 4.31 Å². The van der Waals surface area contributed by atoms with E-state index in [0.717, 1.165) is 18.7 Å². The molecule has 2 atom stereocenters. The Morgan fingerprint density at radius 3 is 2.83 bits per heavy atom. The van der Waals surface area contributed by atoms with Gasteiger partial charge in [0.05, 0.1) is 6.20 Å². The van der Waals surface area contributed by atoms with Crippen molar-refractivity contribution < 1.29 is 12.8 Å². The summed E-state index contributed by atoms with van der Waals surface area (Å²) in [5.74, 6) is -0.491. The minimum atomic E-state index is -3.68. The van der Waals surface area contributed by atoms with Gasteiger partial charge in [-0.15, -0.1) is 0 Å². The molecule has 0 bridgehead atoms. The molecular formula is C11H16FN3O2S. The lowest BCUT2D eigenvalue weighted by Gasteiger charge is -2.20. The molecule has 2 N–H and O–H groups in total. The van der Waals surface area contributed by atoms with Gasteiger partial charge in [0.25, 0.3) is 0 Å². The summed E-state index contributed by atoms with van der Waals surface area (Å²) < 4.78 is 39.1. The van der Waals surface area contributed by atoms with E-state index >= 15 is 0 Å². The van der Waals surface area contributed by atoms with Gasteiger partial charge in [-0.25, -0.2) is 12.8 Å². The first-order chi connectivity index (χ1) is 8.45. The number of aromatic nitrogens is 1. The summed E-state index contributed by atoms with van der Waals surface area (Å²) in [6.45, 7) is 2.67. The number of sulfonamides is 1. The molecule has 1 aromatic rings. The standard InChI is InChI=1S/C11H16FN3O2S/c1-8-2-9(4-13)7-15(8)18(16,17)11-3-10(12)5-14-6-11/h3,5-6,8-9H,2,4,7,13H2,1H3. The average molecular weight is 273 g/mol. The molecule has 0 aromatic carbocycles. The van der Waals surface area contributed by atoms with Crippen molar-refractivity contribution in [2.75, 3.05) is 13.1 Å². The fourth-order valence-corrected chi connectivity index (χ4v) is 3.98. The molecule has 100 valence electrons. The van der Waals surface area contributed by atoms with E-state index in [1.807, 2.05) is 6.92 Å². The monoisotopic (exact) mass is 273 g/mol. The summed E-state index contributed by atoms with van der Waals surface area (Å²) in [6.07, 6.45) is 2.88. The first kappa shape index (κ1) is 13.4. The van der Waals surface area contributed by atoms with E-state index in [9.17, 15) is 12.8 Å². The van der Waals surface area contributed by atoms with Gasteiger partial charge < -0.3 is 5.73 Å². The number of pyridine rings is 1. The van der Waals surface area contributed by atoms with Gasteiger partial charge in [-0.3, -0.25) is 4.98 Å². The van der Waals surface area contributed by atoms with Crippen molar-refractivity contribution in [2.45, 2.75) is 24.3 Å². The fraction of sp³-hybridized carbons (Fsp3) is 0.545. The quantitative estimate of drug-likeness (QED) is 0.874. The molecule has 0 saturated carbocycles. The third-order valence-corrected chi connectivity index (χ3v) is 5.17. The highest BCUT2D eigenvalue weighted by molar-refractivity contribution is 7.89. The predicted octanol–water partition coefficient (Wildman–Crippen LogP) is 0.578. The van der Waals surface area contributed by atoms with Gasteiger partial charge in [0.2, 0.25) is 10.0 Å². The van der Waals surface area contributed by atoms with Crippen LogP contribution in [-0.2, 0) is 10.0 Å². The van der Waals surface area contributed by atoms with Crippen LogP contribution in [0.1, 0.15) is 13.3 Å². The molecule has 1 saturated heterocycles. The first-order valence-electron chi connectivity index (χ1n) is 5.77. The molecular weight excluding hydrogens is 257 g/mol. The van der Waals surface area contributed by atoms with E-state index < -0.39 is 15.8 Å². The summed E-state index contributed by atoms with van der Waals surface area (Å²) >= 11 is 0. The first-order valence-corrected chi connectivity index (χ1v) is 7.21. The normalized spacial score (nSPS) is 25.5. The van der Waals surface area contributed by atoms with Crippen LogP contribution in [0.4, 0.5) is 4.39 Å². The molecule has 2 rings (SSSR count). The maximum atomic E-state index is 13.1. The molecule has 1 aliphatic heterocycles. The third kappa shape index (κ3) is 2.38. The van der Waals surface area contributed by atoms with Crippen molar-refractivity contribution in [3.63, 3.8) is 0 Å². The summed E-state index contributed by atoms with van der Waals surface area (Å²) in [7, 11) is -3.68. The van der Waals surface area contributed by atoms with Crippen LogP contribution in [0.25, 0.3) is 0 Å². The molecule has 1 fully saturated rings.